The third-order valence-corrected chi connectivity index (χ3v) is 3.09. The zero-order valence-corrected chi connectivity index (χ0v) is 11.1. The van der Waals surface area contributed by atoms with Crippen molar-refractivity contribution in [3.05, 3.63) is 30.1 Å². The van der Waals surface area contributed by atoms with Gasteiger partial charge in [-0.1, -0.05) is 19.1 Å². The summed E-state index contributed by atoms with van der Waals surface area (Å²) in [5.74, 6) is 1.05. The SMILES string of the molecule is CCCc1nc2ccccc2n1CC(C)(N)CO. The van der Waals surface area contributed by atoms with Gasteiger partial charge in [-0.15, -0.1) is 0 Å². The molecule has 3 N–H and O–H groups in total. The Bertz CT molecular complexity index is 531. The van der Waals surface area contributed by atoms with Crippen LogP contribution in [0.25, 0.3) is 11.0 Å². The third-order valence-electron chi connectivity index (χ3n) is 3.09. The number of para-hydroxylation sites is 2. The highest BCUT2D eigenvalue weighted by molar-refractivity contribution is 5.75. The van der Waals surface area contributed by atoms with Gasteiger partial charge in [-0.2, -0.15) is 0 Å². The molecule has 0 aliphatic carbocycles. The van der Waals surface area contributed by atoms with Crippen molar-refractivity contribution in [2.24, 2.45) is 5.73 Å². The van der Waals surface area contributed by atoms with Gasteiger partial charge in [0.2, 0.25) is 0 Å². The second kappa shape index (κ2) is 5.08. The van der Waals surface area contributed by atoms with Gasteiger partial charge < -0.3 is 15.4 Å². The molecular weight excluding hydrogens is 226 g/mol. The number of hydrogen-bond donors (Lipinski definition) is 2. The molecule has 1 aromatic carbocycles. The van der Waals surface area contributed by atoms with Crippen molar-refractivity contribution >= 4 is 11.0 Å². The van der Waals surface area contributed by atoms with Crippen molar-refractivity contribution in [2.45, 2.75) is 38.8 Å². The van der Waals surface area contributed by atoms with E-state index >= 15 is 0 Å². The van der Waals surface area contributed by atoms with Crippen molar-refractivity contribution < 1.29 is 5.11 Å². The molecule has 1 heterocycles. The van der Waals surface area contributed by atoms with Gasteiger partial charge in [0.1, 0.15) is 5.82 Å². The molecule has 4 heteroatoms. The van der Waals surface area contributed by atoms with Crippen molar-refractivity contribution in [1.82, 2.24) is 9.55 Å². The smallest absolute Gasteiger partial charge is 0.109 e. The summed E-state index contributed by atoms with van der Waals surface area (Å²) >= 11 is 0. The number of nitrogens with zero attached hydrogens (tertiary/aromatic N) is 2. The largest absolute Gasteiger partial charge is 0.394 e. The minimum absolute atomic E-state index is 0.0366. The van der Waals surface area contributed by atoms with Gasteiger partial charge in [0.15, 0.2) is 0 Å². The molecule has 2 rings (SSSR count). The Morgan fingerprint density at radius 1 is 1.39 bits per heavy atom. The number of imidazole rings is 1. The lowest BCUT2D eigenvalue weighted by Gasteiger charge is -2.23. The molecule has 0 aliphatic rings. The summed E-state index contributed by atoms with van der Waals surface area (Å²) < 4.78 is 2.13. The first-order chi connectivity index (χ1) is 8.57. The maximum absolute atomic E-state index is 9.33. The van der Waals surface area contributed by atoms with Crippen LogP contribution in [0.4, 0.5) is 0 Å². The molecule has 0 bridgehead atoms. The van der Waals surface area contributed by atoms with Crippen LogP contribution in [0.2, 0.25) is 0 Å². The summed E-state index contributed by atoms with van der Waals surface area (Å²) in [5.41, 5.74) is 7.53. The summed E-state index contributed by atoms with van der Waals surface area (Å²) in [6, 6.07) is 8.05. The van der Waals surface area contributed by atoms with E-state index in [1.807, 2.05) is 25.1 Å². The Morgan fingerprint density at radius 3 is 2.78 bits per heavy atom. The lowest BCUT2D eigenvalue weighted by atomic mass is 10.1. The summed E-state index contributed by atoms with van der Waals surface area (Å²) in [4.78, 5) is 4.65. The van der Waals surface area contributed by atoms with E-state index < -0.39 is 5.54 Å². The summed E-state index contributed by atoms with van der Waals surface area (Å²) in [6.07, 6.45) is 1.97. The minimum atomic E-state index is -0.619. The van der Waals surface area contributed by atoms with Crippen molar-refractivity contribution in [2.75, 3.05) is 6.61 Å². The van der Waals surface area contributed by atoms with Gasteiger partial charge in [-0.3, -0.25) is 0 Å². The van der Waals surface area contributed by atoms with Crippen LogP contribution in [0.3, 0.4) is 0 Å². The van der Waals surface area contributed by atoms with Crippen LogP contribution in [0, 0.1) is 0 Å². The van der Waals surface area contributed by atoms with E-state index in [1.54, 1.807) is 0 Å². The van der Waals surface area contributed by atoms with Crippen LogP contribution < -0.4 is 5.73 Å². The average molecular weight is 247 g/mol. The highest BCUT2D eigenvalue weighted by Gasteiger charge is 2.21. The molecule has 4 nitrogen and oxygen atoms in total. The Morgan fingerprint density at radius 2 is 2.11 bits per heavy atom. The maximum Gasteiger partial charge on any atom is 0.109 e. The Balaban J connectivity index is 2.48. The van der Waals surface area contributed by atoms with Gasteiger partial charge in [-0.05, 0) is 25.5 Å². The number of nitrogens with two attached hydrogens (primary N) is 1. The standard InChI is InChI=1S/C14H21N3O/c1-3-6-13-16-11-7-4-5-8-12(11)17(13)9-14(2,15)10-18/h4-5,7-8,18H,3,6,9-10,15H2,1-2H3. The van der Waals surface area contributed by atoms with Crippen LogP contribution in [0.15, 0.2) is 24.3 Å². The van der Waals surface area contributed by atoms with Crippen molar-refractivity contribution in [3.63, 3.8) is 0 Å². The summed E-state index contributed by atoms with van der Waals surface area (Å²) in [7, 11) is 0. The number of aliphatic hydroxyl groups is 1. The molecule has 0 radical (unpaired) electrons. The number of fused-ring (bicyclic) bond motifs is 1. The van der Waals surface area contributed by atoms with E-state index in [0.717, 1.165) is 29.7 Å². The molecule has 1 unspecified atom stereocenters. The predicted molar refractivity (Wildman–Crippen MR) is 73.4 cm³/mol. The molecule has 0 spiro atoms. The first-order valence-electron chi connectivity index (χ1n) is 6.41. The van der Waals surface area contributed by atoms with E-state index in [2.05, 4.69) is 22.5 Å². The molecule has 0 saturated carbocycles. The Labute approximate surface area is 107 Å². The maximum atomic E-state index is 9.33. The first-order valence-corrected chi connectivity index (χ1v) is 6.41. The number of aliphatic hydroxyl groups excluding tert-OH is 1. The number of aromatic nitrogens is 2. The first kappa shape index (κ1) is 13.1. The monoisotopic (exact) mass is 247 g/mol. The molecule has 0 fully saturated rings. The third kappa shape index (κ3) is 2.54. The van der Waals surface area contributed by atoms with E-state index in [0.29, 0.717) is 6.54 Å². The lowest BCUT2D eigenvalue weighted by Crippen LogP contribution is -2.44. The average Bonchev–Trinajstić information content (AvgIpc) is 2.68. The van der Waals surface area contributed by atoms with Crippen LogP contribution in [0.5, 0.6) is 0 Å². The zero-order chi connectivity index (χ0) is 13.2. The zero-order valence-electron chi connectivity index (χ0n) is 11.1. The number of aryl methyl sites for hydroxylation is 1. The molecule has 0 saturated heterocycles. The van der Waals surface area contributed by atoms with E-state index in [-0.39, 0.29) is 6.61 Å². The number of hydrogen-bond acceptors (Lipinski definition) is 3. The highest BCUT2D eigenvalue weighted by atomic mass is 16.3. The Hall–Kier alpha value is -1.39. The number of benzene rings is 1. The van der Waals surface area contributed by atoms with Crippen molar-refractivity contribution in [1.29, 1.82) is 0 Å². The van der Waals surface area contributed by atoms with E-state index in [1.165, 1.54) is 0 Å². The normalized spacial score (nSPS) is 14.9. The molecule has 98 valence electrons. The topological polar surface area (TPSA) is 64.1 Å². The van der Waals surface area contributed by atoms with Crippen LogP contribution >= 0.6 is 0 Å². The fourth-order valence-electron chi connectivity index (χ4n) is 2.13. The molecule has 0 amide bonds. The van der Waals surface area contributed by atoms with Gasteiger partial charge in [0, 0.05) is 13.0 Å². The molecule has 0 aliphatic heterocycles. The Kier molecular flexibility index (Phi) is 3.68. The van der Waals surface area contributed by atoms with Crippen molar-refractivity contribution in [3.8, 4) is 0 Å². The summed E-state index contributed by atoms with van der Waals surface area (Å²) in [6.45, 7) is 4.54. The fraction of sp³-hybridized carbons (Fsp3) is 0.500. The molecule has 18 heavy (non-hydrogen) atoms. The molecular formula is C14H21N3O. The number of rotatable bonds is 5. The fourth-order valence-corrected chi connectivity index (χ4v) is 2.13. The van der Waals surface area contributed by atoms with Crippen LogP contribution in [0.1, 0.15) is 26.1 Å². The van der Waals surface area contributed by atoms with Gasteiger partial charge in [0.25, 0.3) is 0 Å². The second-order valence-electron chi connectivity index (χ2n) is 5.17. The van der Waals surface area contributed by atoms with E-state index in [4.69, 9.17) is 5.73 Å². The molecule has 1 aromatic heterocycles. The summed E-state index contributed by atoms with van der Waals surface area (Å²) in [5, 5.41) is 9.33. The second-order valence-corrected chi connectivity index (χ2v) is 5.17. The molecule has 1 atom stereocenters. The predicted octanol–water partition coefficient (Wildman–Crippen LogP) is 1.70. The van der Waals surface area contributed by atoms with Gasteiger partial charge >= 0.3 is 0 Å². The van der Waals surface area contributed by atoms with Crippen LogP contribution in [-0.4, -0.2) is 26.8 Å². The van der Waals surface area contributed by atoms with Gasteiger partial charge in [0.05, 0.1) is 23.2 Å². The quantitative estimate of drug-likeness (QED) is 0.845. The van der Waals surface area contributed by atoms with Crippen LogP contribution in [-0.2, 0) is 13.0 Å². The van der Waals surface area contributed by atoms with Gasteiger partial charge in [-0.25, -0.2) is 4.98 Å². The minimum Gasteiger partial charge on any atom is -0.394 e. The van der Waals surface area contributed by atoms with E-state index in [9.17, 15) is 5.11 Å². The highest BCUT2D eigenvalue weighted by Crippen LogP contribution is 2.19. The lowest BCUT2D eigenvalue weighted by molar-refractivity contribution is 0.192. The molecule has 2 aromatic rings.